The Hall–Kier alpha value is -1.53. The number of hydrogen-bond donors (Lipinski definition) is 9. The number of allylic oxidation sites excluding steroid dienone is 3. The molecule has 0 bridgehead atoms. The number of carbonyl (C=O) groups is 1. The number of hydrogen-bond acceptors (Lipinski definition) is 13. The van der Waals surface area contributed by atoms with E-state index >= 15 is 0 Å². The minimum atomic E-state index is -1.79. The molecule has 2 fully saturated rings. The molecule has 376 valence electrons. The van der Waals surface area contributed by atoms with Crippen LogP contribution in [0.4, 0.5) is 0 Å². The molecule has 2 aliphatic rings. The van der Waals surface area contributed by atoms with Gasteiger partial charge in [0.2, 0.25) is 5.91 Å². The van der Waals surface area contributed by atoms with Gasteiger partial charge >= 0.3 is 0 Å². The van der Waals surface area contributed by atoms with E-state index in [1.54, 1.807) is 6.08 Å². The second-order valence-electron chi connectivity index (χ2n) is 18.3. The average Bonchev–Trinajstić information content (AvgIpc) is 3.29. The van der Waals surface area contributed by atoms with Crippen molar-refractivity contribution in [1.29, 1.82) is 0 Å². The normalized spacial score (nSPS) is 27.4. The highest BCUT2D eigenvalue weighted by Gasteiger charge is 2.51. The van der Waals surface area contributed by atoms with E-state index in [9.17, 15) is 45.6 Å². The molecular weight excluding hydrogens is 823 g/mol. The molecule has 14 heteroatoms. The van der Waals surface area contributed by atoms with Crippen molar-refractivity contribution in [2.75, 3.05) is 19.8 Å². The SMILES string of the molecule is CCCCCCCCCCCCCCCCCCCC/C=C/CC/C=C/C(O)C(COC1OC(CO)C(OC2OC(CO)C(O)C(O)C2O)C(O)C1O)NC(=O)CCCCCCCC. The minimum Gasteiger partial charge on any atom is -0.394 e. The van der Waals surface area contributed by atoms with Gasteiger partial charge in [-0.15, -0.1) is 0 Å². The molecule has 64 heavy (non-hydrogen) atoms. The fraction of sp³-hybridized carbons (Fsp3) is 0.900. The molecule has 12 unspecified atom stereocenters. The molecule has 9 N–H and O–H groups in total. The van der Waals surface area contributed by atoms with Crippen LogP contribution >= 0.6 is 0 Å². The van der Waals surface area contributed by atoms with Gasteiger partial charge in [0, 0.05) is 6.42 Å². The Balaban J connectivity index is 1.75. The molecule has 2 heterocycles. The van der Waals surface area contributed by atoms with Crippen molar-refractivity contribution in [3.8, 4) is 0 Å². The van der Waals surface area contributed by atoms with Gasteiger partial charge in [-0.05, 0) is 32.1 Å². The molecule has 1 amide bonds. The topological polar surface area (TPSA) is 228 Å². The molecule has 0 aromatic carbocycles. The third-order valence-corrected chi connectivity index (χ3v) is 12.6. The number of amides is 1. The first-order valence-corrected chi connectivity index (χ1v) is 25.6. The molecule has 0 saturated carbocycles. The second kappa shape index (κ2) is 37.5. The van der Waals surface area contributed by atoms with E-state index in [-0.39, 0.29) is 18.9 Å². The number of ether oxygens (including phenoxy) is 4. The quantitative estimate of drug-likeness (QED) is 0.0236. The predicted molar refractivity (Wildman–Crippen MR) is 249 cm³/mol. The summed E-state index contributed by atoms with van der Waals surface area (Å²) in [6.45, 7) is 2.69. The van der Waals surface area contributed by atoms with Gasteiger partial charge in [0.05, 0.1) is 32.0 Å². The molecule has 2 saturated heterocycles. The number of nitrogens with one attached hydrogen (secondary N) is 1. The summed E-state index contributed by atoms with van der Waals surface area (Å²) in [5.74, 6) is -0.259. The summed E-state index contributed by atoms with van der Waals surface area (Å²) in [6.07, 6.45) is 24.2. The van der Waals surface area contributed by atoms with E-state index in [0.29, 0.717) is 12.8 Å². The molecular formula is C50H93NO13. The third-order valence-electron chi connectivity index (χ3n) is 12.6. The predicted octanol–water partition coefficient (Wildman–Crippen LogP) is 6.55. The first kappa shape index (κ1) is 58.6. The van der Waals surface area contributed by atoms with Crippen molar-refractivity contribution < 1.29 is 64.6 Å². The number of unbranched alkanes of at least 4 members (excludes halogenated alkanes) is 24. The molecule has 0 aromatic heterocycles. The molecule has 0 aromatic rings. The Kier molecular flexibility index (Phi) is 34.3. The zero-order valence-corrected chi connectivity index (χ0v) is 39.8. The minimum absolute atomic E-state index is 0.259. The maximum Gasteiger partial charge on any atom is 0.220 e. The van der Waals surface area contributed by atoms with Gasteiger partial charge in [0.15, 0.2) is 12.6 Å². The summed E-state index contributed by atoms with van der Waals surface area (Å²) >= 11 is 0. The van der Waals surface area contributed by atoms with Crippen LogP contribution in [0.2, 0.25) is 0 Å². The van der Waals surface area contributed by atoms with Crippen molar-refractivity contribution in [2.24, 2.45) is 0 Å². The lowest BCUT2D eigenvalue weighted by Gasteiger charge is -2.46. The van der Waals surface area contributed by atoms with Gasteiger partial charge in [-0.3, -0.25) is 4.79 Å². The number of carbonyl (C=O) groups excluding carboxylic acids is 1. The van der Waals surface area contributed by atoms with Crippen molar-refractivity contribution in [2.45, 2.75) is 267 Å². The summed E-state index contributed by atoms with van der Waals surface area (Å²) in [6, 6.07) is -0.924. The largest absolute Gasteiger partial charge is 0.394 e. The zero-order valence-electron chi connectivity index (χ0n) is 39.8. The molecule has 2 rings (SSSR count). The number of aliphatic hydroxyl groups excluding tert-OH is 8. The first-order valence-electron chi connectivity index (χ1n) is 25.6. The zero-order chi connectivity index (χ0) is 46.8. The van der Waals surface area contributed by atoms with Crippen LogP contribution < -0.4 is 5.32 Å². The molecule has 0 aliphatic carbocycles. The molecule has 0 spiro atoms. The van der Waals surface area contributed by atoms with Crippen LogP contribution in [0.25, 0.3) is 0 Å². The van der Waals surface area contributed by atoms with Crippen molar-refractivity contribution in [1.82, 2.24) is 5.32 Å². The van der Waals surface area contributed by atoms with Gasteiger partial charge in [-0.1, -0.05) is 179 Å². The van der Waals surface area contributed by atoms with Gasteiger partial charge in [0.1, 0.15) is 48.8 Å². The maximum atomic E-state index is 13.0. The van der Waals surface area contributed by atoms with Crippen LogP contribution in [0.15, 0.2) is 24.3 Å². The van der Waals surface area contributed by atoms with Gasteiger partial charge in [-0.2, -0.15) is 0 Å². The maximum absolute atomic E-state index is 13.0. The fourth-order valence-corrected chi connectivity index (χ4v) is 8.42. The van der Waals surface area contributed by atoms with Crippen LogP contribution in [0.3, 0.4) is 0 Å². The molecule has 12 atom stereocenters. The van der Waals surface area contributed by atoms with Crippen molar-refractivity contribution >= 4 is 5.91 Å². The van der Waals surface area contributed by atoms with Gasteiger partial charge in [0.25, 0.3) is 0 Å². The van der Waals surface area contributed by atoms with E-state index in [0.717, 1.165) is 44.9 Å². The van der Waals surface area contributed by atoms with E-state index in [1.807, 2.05) is 6.08 Å². The van der Waals surface area contributed by atoms with E-state index in [2.05, 4.69) is 31.3 Å². The summed E-state index contributed by atoms with van der Waals surface area (Å²) in [7, 11) is 0. The number of aliphatic hydroxyl groups is 8. The van der Waals surface area contributed by atoms with E-state index < -0.39 is 86.8 Å². The lowest BCUT2D eigenvalue weighted by molar-refractivity contribution is -0.359. The van der Waals surface area contributed by atoms with Crippen LogP contribution in [-0.4, -0.2) is 140 Å². The summed E-state index contributed by atoms with van der Waals surface area (Å²) in [5, 5.41) is 86.4. The Bertz CT molecular complexity index is 1170. The highest BCUT2D eigenvalue weighted by atomic mass is 16.7. The van der Waals surface area contributed by atoms with Crippen LogP contribution in [0.1, 0.15) is 194 Å². The summed E-state index contributed by atoms with van der Waals surface area (Å²) in [4.78, 5) is 13.0. The Morgan fingerprint density at radius 2 is 1.00 bits per heavy atom. The van der Waals surface area contributed by atoms with Gasteiger partial charge in [-0.25, -0.2) is 0 Å². The van der Waals surface area contributed by atoms with Crippen LogP contribution in [-0.2, 0) is 23.7 Å². The molecule has 14 nitrogen and oxygen atoms in total. The summed E-state index contributed by atoms with van der Waals surface area (Å²) < 4.78 is 22.6. The van der Waals surface area contributed by atoms with E-state index in [4.69, 9.17) is 18.9 Å². The van der Waals surface area contributed by atoms with E-state index in [1.165, 1.54) is 116 Å². The Morgan fingerprint density at radius 3 is 1.53 bits per heavy atom. The van der Waals surface area contributed by atoms with Crippen molar-refractivity contribution in [3.63, 3.8) is 0 Å². The average molecular weight is 916 g/mol. The van der Waals surface area contributed by atoms with Crippen molar-refractivity contribution in [3.05, 3.63) is 24.3 Å². The smallest absolute Gasteiger partial charge is 0.220 e. The lowest BCUT2D eigenvalue weighted by Crippen LogP contribution is -2.65. The van der Waals surface area contributed by atoms with Crippen LogP contribution in [0.5, 0.6) is 0 Å². The lowest BCUT2D eigenvalue weighted by atomic mass is 9.97. The standard InChI is InChI=1S/C50H93NO13/c1-3-5-7-9-11-12-13-14-15-16-17-18-19-20-21-22-23-24-25-26-27-28-29-31-33-39(54)38(51-42(55)34-32-30-10-8-6-4-2)37-61-49-47(60)45(58)48(41(36-53)63-49)64-50-46(59)44(57)43(56)40(35-52)62-50/h26-27,31,33,38-41,43-50,52-54,56-60H,3-25,28-30,32,34-37H2,1-2H3,(H,51,55)/b27-26+,33-31+. The highest BCUT2D eigenvalue weighted by Crippen LogP contribution is 2.30. The first-order chi connectivity index (χ1) is 31.1. The summed E-state index contributed by atoms with van der Waals surface area (Å²) in [5.41, 5.74) is 0. The fourth-order valence-electron chi connectivity index (χ4n) is 8.42. The highest BCUT2D eigenvalue weighted by molar-refractivity contribution is 5.76. The third kappa shape index (κ3) is 24.5. The van der Waals surface area contributed by atoms with Gasteiger partial charge < -0.3 is 65.1 Å². The molecule has 2 aliphatic heterocycles. The Morgan fingerprint density at radius 1 is 0.547 bits per heavy atom. The Labute approximate surface area is 386 Å². The van der Waals surface area contributed by atoms with Crippen LogP contribution in [0, 0.1) is 0 Å². The number of rotatable bonds is 39. The second-order valence-corrected chi connectivity index (χ2v) is 18.3. The monoisotopic (exact) mass is 916 g/mol. The molecule has 0 radical (unpaired) electrons.